The molecule has 1 fully saturated rings. The number of nitrogens with two attached hydrogens (primary N) is 1. The van der Waals surface area contributed by atoms with Gasteiger partial charge in [-0.1, -0.05) is 43.2 Å². The lowest BCUT2D eigenvalue weighted by Crippen LogP contribution is -2.53. The van der Waals surface area contributed by atoms with E-state index in [0.29, 0.717) is 6.54 Å². The number of likely N-dealkylation sites (N-methyl/N-ethyl adjacent to an activating group) is 1. The van der Waals surface area contributed by atoms with E-state index in [1.54, 1.807) is 0 Å². The zero-order valence-corrected chi connectivity index (χ0v) is 13.0. The summed E-state index contributed by atoms with van der Waals surface area (Å²) in [4.78, 5) is 14.4. The summed E-state index contributed by atoms with van der Waals surface area (Å²) in [7, 11) is 3.43. The Balaban J connectivity index is 2.10. The molecule has 116 valence electrons. The minimum absolute atomic E-state index is 0.382. The van der Waals surface area contributed by atoms with Gasteiger partial charge in [0.2, 0.25) is 0 Å². The van der Waals surface area contributed by atoms with Crippen LogP contribution in [0.4, 0.5) is 0 Å². The predicted molar refractivity (Wildman–Crippen MR) is 83.8 cm³/mol. The Morgan fingerprint density at radius 2 is 1.95 bits per heavy atom. The second-order valence-electron chi connectivity index (χ2n) is 6.18. The van der Waals surface area contributed by atoms with Gasteiger partial charge in [0.05, 0.1) is 7.11 Å². The van der Waals surface area contributed by atoms with Crippen molar-refractivity contribution in [3.8, 4) is 0 Å². The summed E-state index contributed by atoms with van der Waals surface area (Å²) in [5, 5.41) is 0. The maximum atomic E-state index is 12.2. The minimum Gasteiger partial charge on any atom is -0.467 e. The standard InChI is InChI=1S/C17H26N2O2/c1-19(12-14-8-6-7-9-14)13-17(18,16(20)21-2)15-10-4-3-5-11-15/h3-5,10-11,14H,6-9,12-13,18H2,1-2H3. The van der Waals surface area contributed by atoms with Crippen molar-refractivity contribution >= 4 is 5.97 Å². The van der Waals surface area contributed by atoms with Crippen LogP contribution in [0.25, 0.3) is 0 Å². The number of ether oxygens (including phenoxy) is 1. The molecule has 2 N–H and O–H groups in total. The van der Waals surface area contributed by atoms with Crippen LogP contribution >= 0.6 is 0 Å². The van der Waals surface area contributed by atoms with Crippen molar-refractivity contribution in [1.29, 1.82) is 0 Å². The van der Waals surface area contributed by atoms with E-state index in [9.17, 15) is 4.79 Å². The molecule has 0 heterocycles. The number of carbonyl (C=O) groups excluding carboxylic acids is 1. The molecule has 0 aliphatic heterocycles. The van der Waals surface area contributed by atoms with Gasteiger partial charge in [-0.2, -0.15) is 0 Å². The van der Waals surface area contributed by atoms with Crippen molar-refractivity contribution in [2.24, 2.45) is 11.7 Å². The molecular formula is C17H26N2O2. The molecule has 0 amide bonds. The SMILES string of the molecule is COC(=O)C(N)(CN(C)CC1CCCC1)c1ccccc1. The Hall–Kier alpha value is -1.39. The number of carbonyl (C=O) groups is 1. The van der Waals surface area contributed by atoms with Crippen LogP contribution in [0.1, 0.15) is 31.2 Å². The van der Waals surface area contributed by atoms with Gasteiger partial charge in [-0.3, -0.25) is 0 Å². The second kappa shape index (κ2) is 7.05. The zero-order chi connectivity index (χ0) is 15.3. The lowest BCUT2D eigenvalue weighted by atomic mass is 9.90. The number of hydrogen-bond acceptors (Lipinski definition) is 4. The van der Waals surface area contributed by atoms with Crippen LogP contribution in [0, 0.1) is 5.92 Å². The van der Waals surface area contributed by atoms with Crippen LogP contribution in [0.5, 0.6) is 0 Å². The van der Waals surface area contributed by atoms with E-state index in [4.69, 9.17) is 10.5 Å². The molecule has 21 heavy (non-hydrogen) atoms. The fraction of sp³-hybridized carbons (Fsp3) is 0.588. The fourth-order valence-corrected chi connectivity index (χ4v) is 3.32. The first-order valence-corrected chi connectivity index (χ1v) is 7.67. The highest BCUT2D eigenvalue weighted by atomic mass is 16.5. The molecule has 1 aliphatic rings. The van der Waals surface area contributed by atoms with Gasteiger partial charge in [-0.05, 0) is 31.4 Å². The first-order chi connectivity index (χ1) is 10.1. The Labute approximate surface area is 127 Å². The maximum absolute atomic E-state index is 12.2. The van der Waals surface area contributed by atoms with Crippen LogP contribution in [-0.2, 0) is 15.1 Å². The molecule has 0 aromatic heterocycles. The highest BCUT2D eigenvalue weighted by molar-refractivity contribution is 5.82. The molecule has 0 bridgehead atoms. The monoisotopic (exact) mass is 290 g/mol. The topological polar surface area (TPSA) is 55.6 Å². The maximum Gasteiger partial charge on any atom is 0.331 e. The lowest BCUT2D eigenvalue weighted by Gasteiger charge is -2.32. The third kappa shape index (κ3) is 3.83. The van der Waals surface area contributed by atoms with E-state index >= 15 is 0 Å². The summed E-state index contributed by atoms with van der Waals surface area (Å²) in [5.41, 5.74) is 6.13. The minimum atomic E-state index is -1.11. The zero-order valence-electron chi connectivity index (χ0n) is 13.0. The Kier molecular flexibility index (Phi) is 5.37. The van der Waals surface area contributed by atoms with Crippen LogP contribution in [0.3, 0.4) is 0 Å². The fourth-order valence-electron chi connectivity index (χ4n) is 3.32. The molecule has 0 radical (unpaired) electrons. The molecular weight excluding hydrogens is 264 g/mol. The van der Waals surface area contributed by atoms with E-state index < -0.39 is 5.54 Å². The van der Waals surface area contributed by atoms with Gasteiger partial charge in [0, 0.05) is 13.1 Å². The molecule has 1 saturated carbocycles. The summed E-state index contributed by atoms with van der Waals surface area (Å²) >= 11 is 0. The quantitative estimate of drug-likeness (QED) is 0.816. The Morgan fingerprint density at radius 3 is 2.52 bits per heavy atom. The molecule has 1 aromatic carbocycles. The van der Waals surface area contributed by atoms with Crippen molar-refractivity contribution in [3.63, 3.8) is 0 Å². The number of esters is 1. The van der Waals surface area contributed by atoms with Crippen LogP contribution in [0.2, 0.25) is 0 Å². The van der Waals surface area contributed by atoms with Gasteiger partial charge in [-0.25, -0.2) is 4.79 Å². The lowest BCUT2D eigenvalue weighted by molar-refractivity contribution is -0.148. The van der Waals surface area contributed by atoms with Crippen molar-refractivity contribution in [1.82, 2.24) is 4.90 Å². The molecule has 1 aliphatic carbocycles. The third-order valence-corrected chi connectivity index (χ3v) is 4.40. The first-order valence-electron chi connectivity index (χ1n) is 7.67. The molecule has 0 spiro atoms. The summed E-state index contributed by atoms with van der Waals surface area (Å²) in [6, 6.07) is 9.50. The van der Waals surface area contributed by atoms with Gasteiger partial charge in [0.25, 0.3) is 0 Å². The average Bonchev–Trinajstić information content (AvgIpc) is 2.99. The smallest absolute Gasteiger partial charge is 0.331 e. The molecule has 1 atom stereocenters. The highest BCUT2D eigenvalue weighted by Gasteiger charge is 2.38. The summed E-state index contributed by atoms with van der Waals surface area (Å²) in [6.07, 6.45) is 5.21. The van der Waals surface area contributed by atoms with Crippen LogP contribution in [0.15, 0.2) is 30.3 Å². The summed E-state index contributed by atoms with van der Waals surface area (Å²) < 4.78 is 4.95. The summed E-state index contributed by atoms with van der Waals surface area (Å²) in [6.45, 7) is 1.46. The third-order valence-electron chi connectivity index (χ3n) is 4.40. The molecule has 1 aromatic rings. The molecule has 0 saturated heterocycles. The largest absolute Gasteiger partial charge is 0.467 e. The molecule has 4 nitrogen and oxygen atoms in total. The van der Waals surface area contributed by atoms with Crippen molar-refractivity contribution in [3.05, 3.63) is 35.9 Å². The van der Waals surface area contributed by atoms with E-state index in [0.717, 1.165) is 18.0 Å². The van der Waals surface area contributed by atoms with Crippen molar-refractivity contribution in [2.45, 2.75) is 31.2 Å². The number of rotatable bonds is 6. The van der Waals surface area contributed by atoms with E-state index in [1.165, 1.54) is 32.8 Å². The van der Waals surface area contributed by atoms with Gasteiger partial charge in [0.1, 0.15) is 0 Å². The molecule has 1 unspecified atom stereocenters. The second-order valence-corrected chi connectivity index (χ2v) is 6.18. The predicted octanol–water partition coefficient (Wildman–Crippen LogP) is 2.14. The van der Waals surface area contributed by atoms with Gasteiger partial charge < -0.3 is 15.4 Å². The van der Waals surface area contributed by atoms with E-state index in [-0.39, 0.29) is 5.97 Å². The van der Waals surface area contributed by atoms with Crippen molar-refractivity contribution in [2.75, 3.05) is 27.2 Å². The van der Waals surface area contributed by atoms with E-state index in [2.05, 4.69) is 4.90 Å². The Morgan fingerprint density at radius 1 is 1.33 bits per heavy atom. The number of benzene rings is 1. The van der Waals surface area contributed by atoms with Gasteiger partial charge >= 0.3 is 5.97 Å². The number of hydrogen-bond donors (Lipinski definition) is 1. The van der Waals surface area contributed by atoms with Crippen molar-refractivity contribution < 1.29 is 9.53 Å². The number of nitrogens with zero attached hydrogens (tertiary/aromatic N) is 1. The number of methoxy groups -OCH3 is 1. The molecule has 4 heteroatoms. The van der Waals surface area contributed by atoms with Gasteiger partial charge in [0.15, 0.2) is 5.54 Å². The van der Waals surface area contributed by atoms with E-state index in [1.807, 2.05) is 37.4 Å². The molecule has 2 rings (SSSR count). The normalized spacial score (nSPS) is 18.7. The summed E-state index contributed by atoms with van der Waals surface area (Å²) in [5.74, 6) is 0.347. The first kappa shape index (κ1) is 16.0. The van der Waals surface area contributed by atoms with Gasteiger partial charge in [-0.15, -0.1) is 0 Å². The average molecular weight is 290 g/mol. The highest BCUT2D eigenvalue weighted by Crippen LogP contribution is 2.27. The van der Waals surface area contributed by atoms with Crippen LogP contribution in [-0.4, -0.2) is 38.1 Å². The Bertz CT molecular complexity index is 457. The van der Waals surface area contributed by atoms with Crippen LogP contribution < -0.4 is 5.73 Å².